The molecule has 0 atom stereocenters. The maximum absolute atomic E-state index is 13.3. The predicted molar refractivity (Wildman–Crippen MR) is 117 cm³/mol. The van der Waals surface area contributed by atoms with Crippen LogP contribution >= 0.6 is 0 Å². The fourth-order valence-electron chi connectivity index (χ4n) is 4.18. The van der Waals surface area contributed by atoms with Crippen LogP contribution in [-0.4, -0.2) is 29.8 Å². The smallest absolute Gasteiger partial charge is 0.254 e. The summed E-state index contributed by atoms with van der Waals surface area (Å²) in [5.74, 6) is -0.672. The van der Waals surface area contributed by atoms with Crippen molar-refractivity contribution in [2.45, 2.75) is 26.2 Å². The van der Waals surface area contributed by atoms with Crippen LogP contribution in [0.25, 0.3) is 10.8 Å². The minimum absolute atomic E-state index is 0.0119. The first kappa shape index (κ1) is 20.1. The van der Waals surface area contributed by atoms with Gasteiger partial charge in [-0.25, -0.2) is 4.39 Å². The highest BCUT2D eigenvalue weighted by molar-refractivity contribution is 6.08. The average Bonchev–Trinajstić information content (AvgIpc) is 2.78. The molecule has 0 saturated carbocycles. The van der Waals surface area contributed by atoms with E-state index in [0.29, 0.717) is 37.2 Å². The van der Waals surface area contributed by atoms with Crippen molar-refractivity contribution in [2.24, 2.45) is 5.92 Å². The highest BCUT2D eigenvalue weighted by Gasteiger charge is 2.28. The summed E-state index contributed by atoms with van der Waals surface area (Å²) in [6, 6.07) is 17.9. The molecular weight excluding hydrogens is 379 g/mol. The number of aryl methyl sites for hydroxylation is 1. The lowest BCUT2D eigenvalue weighted by Gasteiger charge is -2.31. The van der Waals surface area contributed by atoms with Gasteiger partial charge in [0, 0.05) is 30.3 Å². The number of fused-ring (bicyclic) bond motifs is 1. The van der Waals surface area contributed by atoms with Crippen molar-refractivity contribution in [1.29, 1.82) is 0 Å². The summed E-state index contributed by atoms with van der Waals surface area (Å²) in [5, 5.41) is 4.88. The van der Waals surface area contributed by atoms with Crippen LogP contribution < -0.4 is 5.32 Å². The number of rotatable bonds is 4. The quantitative estimate of drug-likeness (QED) is 0.663. The lowest BCUT2D eigenvalue weighted by Crippen LogP contribution is -2.41. The molecule has 3 aromatic carbocycles. The number of hydrogen-bond donors (Lipinski definition) is 1. The molecule has 1 N–H and O–H groups in total. The van der Waals surface area contributed by atoms with Crippen LogP contribution in [0.15, 0.2) is 60.7 Å². The van der Waals surface area contributed by atoms with Crippen molar-refractivity contribution in [2.75, 3.05) is 18.4 Å². The predicted octanol–water partition coefficient (Wildman–Crippen LogP) is 5.03. The standard InChI is InChI=1S/C25H25FN2O2/c1-2-17-10-11-23(22-9-4-3-8-21(17)22)25(30)28-14-12-18(13-15-28)24(29)27-20-7-5-6-19(26)16-20/h3-11,16,18H,2,12-15H2,1H3,(H,27,29). The van der Waals surface area contributed by atoms with Gasteiger partial charge in [0.2, 0.25) is 5.91 Å². The maximum atomic E-state index is 13.3. The largest absolute Gasteiger partial charge is 0.339 e. The van der Waals surface area contributed by atoms with Crippen LogP contribution in [0.5, 0.6) is 0 Å². The van der Waals surface area contributed by atoms with Crippen LogP contribution in [0.1, 0.15) is 35.7 Å². The molecule has 3 aromatic rings. The highest BCUT2D eigenvalue weighted by atomic mass is 19.1. The van der Waals surface area contributed by atoms with Gasteiger partial charge in [-0.1, -0.05) is 43.3 Å². The minimum atomic E-state index is -0.380. The van der Waals surface area contributed by atoms with Gasteiger partial charge in [-0.2, -0.15) is 0 Å². The molecule has 0 spiro atoms. The van der Waals surface area contributed by atoms with E-state index in [-0.39, 0.29) is 23.5 Å². The maximum Gasteiger partial charge on any atom is 0.254 e. The molecule has 30 heavy (non-hydrogen) atoms. The van der Waals surface area contributed by atoms with Gasteiger partial charge in [0.05, 0.1) is 0 Å². The molecule has 0 unspecified atom stereocenters. The molecule has 1 aliphatic heterocycles. The van der Waals surface area contributed by atoms with Gasteiger partial charge in [0.15, 0.2) is 0 Å². The lowest BCUT2D eigenvalue weighted by atomic mass is 9.94. The van der Waals surface area contributed by atoms with E-state index in [1.807, 2.05) is 35.2 Å². The number of likely N-dealkylation sites (tertiary alicyclic amines) is 1. The summed E-state index contributed by atoms with van der Waals surface area (Å²) < 4.78 is 13.3. The van der Waals surface area contributed by atoms with Crippen molar-refractivity contribution in [1.82, 2.24) is 4.90 Å². The van der Waals surface area contributed by atoms with E-state index in [9.17, 15) is 14.0 Å². The molecule has 154 valence electrons. The Morgan fingerprint density at radius 1 is 1.00 bits per heavy atom. The Labute approximate surface area is 175 Å². The Morgan fingerprint density at radius 2 is 1.73 bits per heavy atom. The van der Waals surface area contributed by atoms with Gasteiger partial charge >= 0.3 is 0 Å². The summed E-state index contributed by atoms with van der Waals surface area (Å²) in [6.07, 6.45) is 2.11. The zero-order chi connectivity index (χ0) is 21.1. The number of benzene rings is 3. The third kappa shape index (κ3) is 4.06. The topological polar surface area (TPSA) is 49.4 Å². The molecule has 1 aliphatic rings. The molecule has 4 rings (SSSR count). The number of hydrogen-bond acceptors (Lipinski definition) is 2. The minimum Gasteiger partial charge on any atom is -0.339 e. The van der Waals surface area contributed by atoms with E-state index >= 15 is 0 Å². The molecular formula is C25H25FN2O2. The van der Waals surface area contributed by atoms with Crippen molar-refractivity contribution < 1.29 is 14.0 Å². The molecule has 4 nitrogen and oxygen atoms in total. The molecule has 1 fully saturated rings. The molecule has 1 saturated heterocycles. The normalized spacial score (nSPS) is 14.7. The second-order valence-corrected chi connectivity index (χ2v) is 7.74. The second kappa shape index (κ2) is 8.66. The van der Waals surface area contributed by atoms with E-state index < -0.39 is 0 Å². The molecule has 0 bridgehead atoms. The van der Waals surface area contributed by atoms with Crippen LogP contribution in [0.2, 0.25) is 0 Å². The molecule has 0 aromatic heterocycles. The number of piperidine rings is 1. The third-order valence-corrected chi connectivity index (χ3v) is 5.87. The summed E-state index contributed by atoms with van der Waals surface area (Å²) in [7, 11) is 0. The molecule has 1 heterocycles. The number of carbonyl (C=O) groups is 2. The Hall–Kier alpha value is -3.21. The Morgan fingerprint density at radius 3 is 2.43 bits per heavy atom. The van der Waals surface area contributed by atoms with Crippen molar-refractivity contribution in [3.63, 3.8) is 0 Å². The fraction of sp³-hybridized carbons (Fsp3) is 0.280. The number of halogens is 1. The van der Waals surface area contributed by atoms with Gasteiger partial charge in [-0.15, -0.1) is 0 Å². The summed E-state index contributed by atoms with van der Waals surface area (Å²) in [6.45, 7) is 3.18. The van der Waals surface area contributed by atoms with Gasteiger partial charge in [-0.3, -0.25) is 9.59 Å². The number of nitrogens with one attached hydrogen (secondary N) is 1. The SMILES string of the molecule is CCc1ccc(C(=O)N2CCC(C(=O)Nc3cccc(F)c3)CC2)c2ccccc12. The van der Waals surface area contributed by atoms with E-state index in [1.165, 1.54) is 17.7 Å². The third-order valence-electron chi connectivity index (χ3n) is 5.87. The number of amides is 2. The van der Waals surface area contributed by atoms with Gasteiger partial charge in [-0.05, 0) is 59.9 Å². The van der Waals surface area contributed by atoms with Crippen LogP contribution in [0.4, 0.5) is 10.1 Å². The van der Waals surface area contributed by atoms with Crippen molar-refractivity contribution in [3.8, 4) is 0 Å². The van der Waals surface area contributed by atoms with Crippen LogP contribution in [0.3, 0.4) is 0 Å². The lowest BCUT2D eigenvalue weighted by molar-refractivity contribution is -0.121. The van der Waals surface area contributed by atoms with E-state index in [1.54, 1.807) is 12.1 Å². The van der Waals surface area contributed by atoms with Crippen LogP contribution in [-0.2, 0) is 11.2 Å². The van der Waals surface area contributed by atoms with Crippen molar-refractivity contribution in [3.05, 3.63) is 77.6 Å². The zero-order valence-corrected chi connectivity index (χ0v) is 17.0. The first-order chi connectivity index (χ1) is 14.6. The Bertz CT molecular complexity index is 1090. The number of nitrogens with zero attached hydrogens (tertiary/aromatic N) is 1. The summed E-state index contributed by atoms with van der Waals surface area (Å²) in [5.41, 5.74) is 2.40. The second-order valence-electron chi connectivity index (χ2n) is 7.74. The zero-order valence-electron chi connectivity index (χ0n) is 17.0. The van der Waals surface area contributed by atoms with Gasteiger partial charge in [0.25, 0.3) is 5.91 Å². The number of carbonyl (C=O) groups excluding carboxylic acids is 2. The summed E-state index contributed by atoms with van der Waals surface area (Å²) in [4.78, 5) is 27.6. The van der Waals surface area contributed by atoms with Crippen molar-refractivity contribution >= 4 is 28.3 Å². The van der Waals surface area contributed by atoms with Gasteiger partial charge in [0.1, 0.15) is 5.82 Å². The van der Waals surface area contributed by atoms with Gasteiger partial charge < -0.3 is 10.2 Å². The fourth-order valence-corrected chi connectivity index (χ4v) is 4.18. The first-order valence-corrected chi connectivity index (χ1v) is 10.4. The monoisotopic (exact) mass is 404 g/mol. The first-order valence-electron chi connectivity index (χ1n) is 10.4. The van der Waals surface area contributed by atoms with E-state index in [2.05, 4.69) is 18.3 Å². The van der Waals surface area contributed by atoms with E-state index in [4.69, 9.17) is 0 Å². The number of anilines is 1. The Balaban J connectivity index is 1.44. The molecule has 2 amide bonds. The average molecular weight is 404 g/mol. The van der Waals surface area contributed by atoms with Crippen LogP contribution in [0, 0.1) is 11.7 Å². The molecule has 0 radical (unpaired) electrons. The molecule has 5 heteroatoms. The highest BCUT2D eigenvalue weighted by Crippen LogP contribution is 2.27. The molecule has 0 aliphatic carbocycles. The summed E-state index contributed by atoms with van der Waals surface area (Å²) >= 11 is 0. The van der Waals surface area contributed by atoms with E-state index in [0.717, 1.165) is 17.2 Å². The Kier molecular flexibility index (Phi) is 5.79.